The van der Waals surface area contributed by atoms with Crippen molar-refractivity contribution in [1.29, 1.82) is 0 Å². The van der Waals surface area contributed by atoms with Crippen molar-refractivity contribution in [3.8, 4) is 0 Å². The number of anilines is 1. The van der Waals surface area contributed by atoms with Crippen LogP contribution >= 0.6 is 12.2 Å². The van der Waals surface area contributed by atoms with E-state index in [9.17, 15) is 4.79 Å². The molecule has 1 aromatic heterocycles. The third kappa shape index (κ3) is 3.44. The Hall–Kier alpha value is -1.63. The van der Waals surface area contributed by atoms with Gasteiger partial charge < -0.3 is 15.4 Å². The molecular formula is C12H20N4O2S. The number of nitrogens with zero attached hydrogens (tertiary/aromatic N) is 3. The summed E-state index contributed by atoms with van der Waals surface area (Å²) in [6.45, 7) is 6.72. The van der Waals surface area contributed by atoms with Crippen molar-refractivity contribution in [2.24, 2.45) is 12.8 Å². The lowest BCUT2D eigenvalue weighted by Crippen LogP contribution is -2.33. The molecule has 0 aliphatic heterocycles. The number of aromatic nitrogens is 2. The molecule has 0 saturated heterocycles. The summed E-state index contributed by atoms with van der Waals surface area (Å²) in [4.78, 5) is 13.8. The summed E-state index contributed by atoms with van der Waals surface area (Å²) < 4.78 is 6.66. The van der Waals surface area contributed by atoms with Crippen LogP contribution in [0.5, 0.6) is 0 Å². The second-order valence-corrected chi connectivity index (χ2v) is 4.53. The number of hydrogen-bond donors (Lipinski definition) is 1. The van der Waals surface area contributed by atoms with Gasteiger partial charge in [-0.2, -0.15) is 5.10 Å². The van der Waals surface area contributed by atoms with Gasteiger partial charge >= 0.3 is 5.97 Å². The molecule has 0 radical (unpaired) electrons. The van der Waals surface area contributed by atoms with E-state index in [2.05, 4.69) is 5.10 Å². The highest BCUT2D eigenvalue weighted by Crippen LogP contribution is 2.23. The minimum atomic E-state index is -0.280. The van der Waals surface area contributed by atoms with Crippen LogP contribution in [0.2, 0.25) is 0 Å². The highest BCUT2D eigenvalue weighted by molar-refractivity contribution is 7.80. The predicted octanol–water partition coefficient (Wildman–Crippen LogP) is 0.752. The van der Waals surface area contributed by atoms with Gasteiger partial charge in [0, 0.05) is 13.6 Å². The Morgan fingerprint density at radius 2 is 2.16 bits per heavy atom. The third-order valence-electron chi connectivity index (χ3n) is 2.74. The van der Waals surface area contributed by atoms with E-state index in [1.807, 2.05) is 18.7 Å². The lowest BCUT2D eigenvalue weighted by molar-refractivity contribution is -0.141. The van der Waals surface area contributed by atoms with Crippen LogP contribution in [-0.4, -0.2) is 40.4 Å². The average molecular weight is 284 g/mol. The lowest BCUT2D eigenvalue weighted by atomic mass is 10.2. The summed E-state index contributed by atoms with van der Waals surface area (Å²) in [6, 6.07) is 0. The molecule has 0 atom stereocenters. The molecule has 19 heavy (non-hydrogen) atoms. The fraction of sp³-hybridized carbons (Fsp3) is 0.583. The first kappa shape index (κ1) is 15.4. The van der Waals surface area contributed by atoms with E-state index in [1.165, 1.54) is 0 Å². The van der Waals surface area contributed by atoms with Crippen LogP contribution in [0.4, 0.5) is 5.82 Å². The second kappa shape index (κ2) is 6.51. The summed E-state index contributed by atoms with van der Waals surface area (Å²) >= 11 is 5.06. The first-order valence-corrected chi connectivity index (χ1v) is 6.57. The number of thiocarbonyl (C=S) groups is 1. The summed E-state index contributed by atoms with van der Waals surface area (Å²) in [7, 11) is 1.80. The van der Waals surface area contributed by atoms with Gasteiger partial charge in [0.1, 0.15) is 17.4 Å². The Morgan fingerprint density at radius 1 is 1.53 bits per heavy atom. The summed E-state index contributed by atoms with van der Waals surface area (Å²) in [6.07, 6.45) is 0. The van der Waals surface area contributed by atoms with Crippen LogP contribution in [-0.2, 0) is 16.6 Å². The normalized spacial score (nSPS) is 10.3. The quantitative estimate of drug-likeness (QED) is 0.614. The molecule has 0 saturated carbocycles. The number of esters is 1. The van der Waals surface area contributed by atoms with E-state index in [4.69, 9.17) is 22.7 Å². The van der Waals surface area contributed by atoms with Crippen LogP contribution in [0.25, 0.3) is 0 Å². The van der Waals surface area contributed by atoms with Gasteiger partial charge in [-0.05, 0) is 20.8 Å². The Morgan fingerprint density at radius 3 is 2.63 bits per heavy atom. The third-order valence-corrected chi connectivity index (χ3v) is 2.95. The molecule has 0 spiro atoms. The van der Waals surface area contributed by atoms with Crippen LogP contribution < -0.4 is 10.6 Å². The first-order valence-electron chi connectivity index (χ1n) is 6.16. The summed E-state index contributed by atoms with van der Waals surface area (Å²) in [5, 5.41) is 4.31. The number of nitrogens with two attached hydrogens (primary N) is 1. The number of aryl methyl sites for hydroxylation is 2. The lowest BCUT2D eigenvalue weighted by Gasteiger charge is -2.23. The largest absolute Gasteiger partial charge is 0.465 e. The van der Waals surface area contributed by atoms with Crippen LogP contribution in [0.3, 0.4) is 0 Å². The van der Waals surface area contributed by atoms with Gasteiger partial charge in [-0.15, -0.1) is 0 Å². The molecule has 0 aromatic carbocycles. The topological polar surface area (TPSA) is 73.4 Å². The number of likely N-dealkylation sites (N-methyl/N-ethyl adjacent to an activating group) is 1. The summed E-state index contributed by atoms with van der Waals surface area (Å²) in [5.41, 5.74) is 7.21. The van der Waals surface area contributed by atoms with E-state index < -0.39 is 0 Å². The molecule has 0 bridgehead atoms. The van der Waals surface area contributed by atoms with Crippen molar-refractivity contribution < 1.29 is 9.53 Å². The number of carbonyl (C=O) groups excluding carboxylic acids is 1. The molecule has 0 aliphatic carbocycles. The van der Waals surface area contributed by atoms with Gasteiger partial charge in [0.15, 0.2) is 0 Å². The highest BCUT2D eigenvalue weighted by atomic mass is 32.1. The molecular weight excluding hydrogens is 264 g/mol. The number of ether oxygens (including phenoxy) is 1. The van der Waals surface area contributed by atoms with Crippen LogP contribution in [0.1, 0.15) is 25.1 Å². The maximum atomic E-state index is 11.6. The molecule has 2 N–H and O–H groups in total. The Bertz CT molecular complexity index is 484. The van der Waals surface area contributed by atoms with Crippen molar-refractivity contribution in [3.63, 3.8) is 0 Å². The molecule has 0 aliphatic rings. The smallest absolute Gasteiger partial charge is 0.325 e. The fourth-order valence-electron chi connectivity index (χ4n) is 2.00. The van der Waals surface area contributed by atoms with Gasteiger partial charge in [-0.25, -0.2) is 0 Å². The second-order valence-electron chi connectivity index (χ2n) is 4.09. The van der Waals surface area contributed by atoms with Crippen LogP contribution in [0, 0.1) is 6.92 Å². The van der Waals surface area contributed by atoms with E-state index in [0.717, 1.165) is 11.5 Å². The van der Waals surface area contributed by atoms with Gasteiger partial charge in [-0.1, -0.05) is 12.2 Å². The van der Waals surface area contributed by atoms with E-state index in [-0.39, 0.29) is 17.5 Å². The maximum absolute atomic E-state index is 11.6. The monoisotopic (exact) mass is 284 g/mol. The van der Waals surface area contributed by atoms with Crippen LogP contribution in [0.15, 0.2) is 0 Å². The zero-order chi connectivity index (χ0) is 14.6. The zero-order valence-electron chi connectivity index (χ0n) is 11.8. The number of rotatable bonds is 6. The molecule has 6 nitrogen and oxygen atoms in total. The number of carbonyl (C=O) groups is 1. The average Bonchev–Trinajstić information content (AvgIpc) is 2.61. The van der Waals surface area contributed by atoms with Crippen molar-refractivity contribution >= 4 is 29.0 Å². The maximum Gasteiger partial charge on any atom is 0.325 e. The predicted molar refractivity (Wildman–Crippen MR) is 78.4 cm³/mol. The Labute approximate surface area is 118 Å². The van der Waals surface area contributed by atoms with E-state index >= 15 is 0 Å². The van der Waals surface area contributed by atoms with Crippen molar-refractivity contribution in [2.75, 3.05) is 24.6 Å². The zero-order valence-corrected chi connectivity index (χ0v) is 12.6. The van der Waals surface area contributed by atoms with Gasteiger partial charge in [0.2, 0.25) is 0 Å². The molecule has 7 heteroatoms. The van der Waals surface area contributed by atoms with Crippen molar-refractivity contribution in [3.05, 3.63) is 11.3 Å². The molecule has 1 rings (SSSR count). The van der Waals surface area contributed by atoms with Crippen molar-refractivity contribution in [1.82, 2.24) is 9.78 Å². The Balaban J connectivity index is 3.11. The first-order chi connectivity index (χ1) is 8.92. The molecule has 0 amide bonds. The molecule has 106 valence electrons. The standard InChI is InChI=1S/C12H20N4O2S/c1-5-16(7-9(17)18-6-2)12-10(11(13)19)8(3)14-15(12)4/h5-7H2,1-4H3,(H2,13,19). The highest BCUT2D eigenvalue weighted by Gasteiger charge is 2.22. The molecule has 0 unspecified atom stereocenters. The molecule has 1 heterocycles. The summed E-state index contributed by atoms with van der Waals surface area (Å²) in [5.74, 6) is 0.470. The fourth-order valence-corrected chi connectivity index (χ4v) is 2.24. The number of hydrogen-bond acceptors (Lipinski definition) is 5. The van der Waals surface area contributed by atoms with Crippen molar-refractivity contribution in [2.45, 2.75) is 20.8 Å². The minimum Gasteiger partial charge on any atom is -0.465 e. The Kier molecular flexibility index (Phi) is 5.29. The van der Waals surface area contributed by atoms with E-state index in [1.54, 1.807) is 18.7 Å². The van der Waals surface area contributed by atoms with Gasteiger partial charge in [-0.3, -0.25) is 9.48 Å². The molecule has 1 aromatic rings. The SMILES string of the molecule is CCOC(=O)CN(CC)c1c(C(N)=S)c(C)nn1C. The minimum absolute atomic E-state index is 0.152. The van der Waals surface area contributed by atoms with E-state index in [0.29, 0.717) is 18.7 Å². The van der Waals surface area contributed by atoms with Gasteiger partial charge in [0.05, 0.1) is 17.9 Å². The molecule has 0 fully saturated rings. The van der Waals surface area contributed by atoms with Gasteiger partial charge in [0.25, 0.3) is 0 Å².